The molecule has 344 valence electrons. The molecule has 0 aliphatic carbocycles. The first kappa shape index (κ1) is 53.2. The molecule has 2 N–H and O–H groups in total. The van der Waals surface area contributed by atoms with Crippen molar-refractivity contribution in [2.24, 2.45) is 0 Å². The number of unbranched alkanes of at least 4 members (excludes halogenated alkanes) is 3. The summed E-state index contributed by atoms with van der Waals surface area (Å²) in [5, 5.41) is 18.4. The Bertz CT molecular complexity index is 2730. The van der Waals surface area contributed by atoms with Crippen molar-refractivity contribution >= 4 is 82.2 Å². The molecule has 0 spiro atoms. The summed E-state index contributed by atoms with van der Waals surface area (Å²) in [5.74, 6) is 0.282. The number of aromatic nitrogens is 4. The summed E-state index contributed by atoms with van der Waals surface area (Å²) in [6.45, 7) is 3.28. The Morgan fingerprint density at radius 1 is 0.761 bits per heavy atom. The molecule has 7 aromatic heterocycles. The van der Waals surface area contributed by atoms with E-state index < -0.39 is 17.6 Å². The maximum atomic E-state index is 12.5. The number of thiocarbonyl (C=S) groups is 1. The van der Waals surface area contributed by atoms with Gasteiger partial charge < -0.3 is 25.4 Å². The maximum Gasteiger partial charge on any atom is 2.00 e. The molecule has 67 heavy (non-hydrogen) atoms. The summed E-state index contributed by atoms with van der Waals surface area (Å²) in [4.78, 5) is 52.8. The van der Waals surface area contributed by atoms with Crippen LogP contribution in [-0.2, 0) is 40.3 Å². The van der Waals surface area contributed by atoms with Gasteiger partial charge in [0.1, 0.15) is 11.5 Å². The smallest absolute Gasteiger partial charge is 0.753 e. The van der Waals surface area contributed by atoms with Crippen LogP contribution in [0.1, 0.15) is 43.9 Å². The molecule has 7 heterocycles. The molecule has 0 fully saturated rings. The molecule has 0 atom stereocenters. The van der Waals surface area contributed by atoms with Gasteiger partial charge in [0.15, 0.2) is 10.1 Å². The molecule has 0 aromatic carbocycles. The number of ether oxygens (including phenoxy) is 3. The largest absolute Gasteiger partial charge is 2.00 e. The molecule has 0 amide bonds. The molecule has 0 aliphatic rings. The monoisotopic (exact) mass is 1070 g/mol. The van der Waals surface area contributed by atoms with Crippen molar-refractivity contribution in [3.8, 4) is 70.0 Å². The van der Waals surface area contributed by atoms with E-state index in [1.54, 1.807) is 60.1 Å². The van der Waals surface area contributed by atoms with Crippen LogP contribution in [0.4, 0.5) is 13.2 Å². The van der Waals surface area contributed by atoms with E-state index in [-0.39, 0.29) is 30.9 Å². The molecule has 0 radical (unpaired) electrons. The van der Waals surface area contributed by atoms with Crippen LogP contribution in [0.2, 0.25) is 0 Å². The van der Waals surface area contributed by atoms with Crippen LogP contribution in [0, 0.1) is 5.41 Å². The number of pyridine rings is 4. The number of carbonyl (C=O) groups excluding carboxylic acids is 3. The number of hydrogen-bond acceptors (Lipinski definition) is 15. The number of isothiocyanates is 1. The zero-order valence-corrected chi connectivity index (χ0v) is 40.0. The fourth-order valence-electron chi connectivity index (χ4n) is 6.06. The number of nitrogens with zero attached hydrogens (tertiary/aromatic N) is 5. The molecule has 0 saturated heterocycles. The van der Waals surface area contributed by atoms with Gasteiger partial charge in [0.05, 0.1) is 22.8 Å². The Balaban J connectivity index is 0.000000288. The van der Waals surface area contributed by atoms with Gasteiger partial charge in [-0.3, -0.25) is 34.7 Å². The van der Waals surface area contributed by atoms with E-state index in [9.17, 15) is 27.6 Å². The van der Waals surface area contributed by atoms with Crippen LogP contribution < -0.4 is 14.2 Å². The normalized spacial score (nSPS) is 10.7. The van der Waals surface area contributed by atoms with Crippen LogP contribution in [0.3, 0.4) is 0 Å². The molecule has 7 aromatic rings. The number of allylic oxidation sites excluding steroid dienone is 1. The minimum atomic E-state index is -4.76. The summed E-state index contributed by atoms with van der Waals surface area (Å²) in [6, 6.07) is 23.2. The molecule has 21 heteroatoms. The van der Waals surface area contributed by atoms with Gasteiger partial charge >= 0.3 is 25.7 Å². The maximum absolute atomic E-state index is 12.5. The van der Waals surface area contributed by atoms with Crippen LogP contribution in [0.25, 0.3) is 70.9 Å². The summed E-state index contributed by atoms with van der Waals surface area (Å²) < 4.78 is 52.4. The predicted molar refractivity (Wildman–Crippen MR) is 255 cm³/mol. The third-order valence-corrected chi connectivity index (χ3v) is 12.1. The Hall–Kier alpha value is -6.47. The van der Waals surface area contributed by atoms with E-state index in [1.807, 2.05) is 41.8 Å². The zero-order chi connectivity index (χ0) is 47.5. The number of aryl methyl sites for hydroxylation is 1. The Morgan fingerprint density at radius 3 is 1.82 bits per heavy atom. The number of thiophene rings is 3. The molecule has 13 nitrogen and oxygen atoms in total. The third-order valence-electron chi connectivity index (χ3n) is 9.03. The third kappa shape index (κ3) is 15.6. The average Bonchev–Trinajstić information content (AvgIpc) is 4.11. The number of hydrogen-bond donors (Lipinski definition) is 1. The summed E-state index contributed by atoms with van der Waals surface area (Å²) in [5.41, 5.74) is 11.8. The van der Waals surface area contributed by atoms with Gasteiger partial charge in [-0.15, -0.1) is 17.0 Å². The fourth-order valence-corrected chi connectivity index (χ4v) is 8.65. The van der Waals surface area contributed by atoms with Gasteiger partial charge in [-0.1, -0.05) is 61.1 Å². The van der Waals surface area contributed by atoms with E-state index in [0.717, 1.165) is 44.2 Å². The van der Waals surface area contributed by atoms with Crippen molar-refractivity contribution < 1.29 is 61.2 Å². The van der Waals surface area contributed by atoms with Gasteiger partial charge in [0.25, 0.3) is 19.4 Å². The van der Waals surface area contributed by atoms with Crippen LogP contribution in [-0.4, -0.2) is 56.4 Å². The molecule has 7 rings (SSSR count). The van der Waals surface area contributed by atoms with E-state index in [1.165, 1.54) is 58.9 Å². The number of halogens is 3. The van der Waals surface area contributed by atoms with Gasteiger partial charge in [-0.05, 0) is 113 Å². The average molecular weight is 1070 g/mol. The minimum absolute atomic E-state index is 0. The van der Waals surface area contributed by atoms with Crippen LogP contribution >= 0.6 is 46.2 Å². The van der Waals surface area contributed by atoms with Gasteiger partial charge in [0, 0.05) is 51.0 Å². The second-order valence-electron chi connectivity index (χ2n) is 13.4. The number of rotatable bonds is 18. The van der Waals surface area contributed by atoms with Gasteiger partial charge in [-0.25, -0.2) is 4.98 Å². The molecule has 0 saturated carbocycles. The summed E-state index contributed by atoms with van der Waals surface area (Å²) >= 11 is 7.91. The second-order valence-corrected chi connectivity index (χ2v) is 16.6. The minimum Gasteiger partial charge on any atom is -0.753 e. The predicted octanol–water partition coefficient (Wildman–Crippen LogP) is 12.8. The van der Waals surface area contributed by atoms with Crippen molar-refractivity contribution in [1.29, 1.82) is 5.41 Å². The first-order valence-corrected chi connectivity index (χ1v) is 22.4. The second kappa shape index (κ2) is 26.6. The summed E-state index contributed by atoms with van der Waals surface area (Å²) in [7, 11) is 0. The van der Waals surface area contributed by atoms with Crippen molar-refractivity contribution in [2.75, 3.05) is 0 Å². The van der Waals surface area contributed by atoms with Gasteiger partial charge in [0.2, 0.25) is 0 Å². The van der Waals surface area contributed by atoms with E-state index >= 15 is 0 Å². The van der Waals surface area contributed by atoms with Crippen molar-refractivity contribution in [2.45, 2.75) is 45.2 Å². The Kier molecular flexibility index (Phi) is 21.1. The molecular formula is C46H36F3N7O6RuS4. The molecule has 0 bridgehead atoms. The topological polar surface area (TPSA) is 200 Å². The van der Waals surface area contributed by atoms with Crippen molar-refractivity contribution in [1.82, 2.24) is 19.9 Å². The van der Waals surface area contributed by atoms with Crippen LogP contribution in [0.5, 0.6) is 15.9 Å². The first-order valence-electron chi connectivity index (χ1n) is 19.5. The number of alkyl halides is 3. The fraction of sp³-hybridized carbons (Fsp3) is 0.152. The summed E-state index contributed by atoms with van der Waals surface area (Å²) in [6.07, 6.45) is 6.13. The Morgan fingerprint density at radius 2 is 1.30 bits per heavy atom. The van der Waals surface area contributed by atoms with Gasteiger partial charge in [-0.2, -0.15) is 18.3 Å². The number of nitrogens with one attached hydrogen (secondary N) is 2. The molecule has 0 aliphatic heterocycles. The standard InChI is InChI=1S/C26H15N3O6S2.C19H21F3N3S.CNS.Ru/c30-13-33-18-11-21(19-9-16(5-7-27-19)23-1-3-25(36-23)34-14-31)29-22(12-18)20-10-17(6-8-28-20)24-2-4-26(37-24)35-15-32;1-2-3-4-5-6-13-8-10-26-18(13)14-7-9-25-16(11-14)15(23)12-17(24)19(20,21)22;2-1-3;/h1-15H;7-12,23-24H,2-6H2,1H3;;/q;2*-1;+2/b;15-12-,24-17?;;. The van der Waals surface area contributed by atoms with Crippen molar-refractivity contribution in [3.05, 3.63) is 131 Å². The molecule has 0 unspecified atom stereocenters. The zero-order valence-electron chi connectivity index (χ0n) is 35.0. The van der Waals surface area contributed by atoms with E-state index in [2.05, 4.69) is 40.2 Å². The van der Waals surface area contributed by atoms with E-state index in [0.29, 0.717) is 58.4 Å². The SMILES string of the molecule is CCCCCCc1ccsc1-c1ccnc(/C([NH-])=C/C(=N)C(F)(F)F)c1.O=COc1cc(-c2cc(-c3ccc(OC=O)s3)ccn2)nc(-c2cc(-c3ccc(OC=O)s3)ccn2)c1.[N-]=C=S.[Ru+2]. The Labute approximate surface area is 412 Å². The quantitative estimate of drug-likeness (QED) is 0.0282. The number of carbonyl (C=O) groups is 3. The van der Waals surface area contributed by atoms with Crippen molar-refractivity contribution in [3.63, 3.8) is 0 Å². The first-order chi connectivity index (χ1) is 31.9. The van der Waals surface area contributed by atoms with E-state index in [4.69, 9.17) is 35.7 Å². The van der Waals surface area contributed by atoms with Crippen LogP contribution in [0.15, 0.2) is 109 Å². The molecular weight excluding hydrogens is 1030 g/mol.